The molecule has 2 heterocycles. The lowest BCUT2D eigenvalue weighted by Gasteiger charge is -2.29. The second-order valence-electron chi connectivity index (χ2n) is 5.16. The summed E-state index contributed by atoms with van der Waals surface area (Å²) in [5.74, 6) is 6.35. The highest BCUT2D eigenvalue weighted by atomic mass is 32.1. The first-order valence-corrected chi connectivity index (χ1v) is 8.47. The zero-order valence-electron chi connectivity index (χ0n) is 11.1. The Balaban J connectivity index is 1.80. The molecule has 0 fully saturated rings. The van der Waals surface area contributed by atoms with Gasteiger partial charge in [0.25, 0.3) is 0 Å². The van der Waals surface area contributed by atoms with Crippen molar-refractivity contribution in [2.75, 3.05) is 0 Å². The highest BCUT2D eigenvalue weighted by Gasteiger charge is 2.28. The minimum atomic E-state index is 0.291. The van der Waals surface area contributed by atoms with Gasteiger partial charge in [-0.3, -0.25) is 11.3 Å². The highest BCUT2D eigenvalue weighted by Crippen LogP contribution is 2.37. The van der Waals surface area contributed by atoms with E-state index in [9.17, 15) is 0 Å². The fourth-order valence-electron chi connectivity index (χ4n) is 2.94. The molecular weight excluding hydrogens is 274 g/mol. The Morgan fingerprint density at radius 2 is 2.42 bits per heavy atom. The molecule has 102 valence electrons. The van der Waals surface area contributed by atoms with Crippen LogP contribution in [0.5, 0.6) is 0 Å². The third-order valence-electron chi connectivity index (χ3n) is 3.86. The van der Waals surface area contributed by atoms with Crippen LogP contribution in [-0.4, -0.2) is 11.0 Å². The van der Waals surface area contributed by atoms with Gasteiger partial charge in [-0.1, -0.05) is 0 Å². The summed E-state index contributed by atoms with van der Waals surface area (Å²) in [5, 5.41) is 5.51. The van der Waals surface area contributed by atoms with Crippen LogP contribution in [0.25, 0.3) is 0 Å². The van der Waals surface area contributed by atoms with E-state index in [0.717, 1.165) is 12.1 Å². The van der Waals surface area contributed by atoms with Gasteiger partial charge in [-0.2, -0.15) is 0 Å². The summed E-state index contributed by atoms with van der Waals surface area (Å²) in [4.78, 5) is 6.11. The molecule has 2 aromatic heterocycles. The van der Waals surface area contributed by atoms with Crippen molar-refractivity contribution < 1.29 is 0 Å². The highest BCUT2D eigenvalue weighted by molar-refractivity contribution is 7.10. The van der Waals surface area contributed by atoms with Crippen molar-refractivity contribution in [2.45, 2.75) is 44.6 Å². The topological polar surface area (TPSA) is 50.9 Å². The van der Waals surface area contributed by atoms with Crippen LogP contribution in [0.1, 0.15) is 39.9 Å². The van der Waals surface area contributed by atoms with E-state index < -0.39 is 0 Å². The van der Waals surface area contributed by atoms with E-state index in [0.29, 0.717) is 12.0 Å². The first-order chi connectivity index (χ1) is 9.28. The molecule has 2 aromatic rings. The molecule has 3 rings (SSSR count). The van der Waals surface area contributed by atoms with Crippen LogP contribution in [0.2, 0.25) is 0 Å². The van der Waals surface area contributed by atoms with E-state index >= 15 is 0 Å². The summed E-state index contributed by atoms with van der Waals surface area (Å²) in [6.45, 7) is 2.04. The standard InChI is InChI=1S/C14H19N3S2/c1-9-8-19-14(16-9)7-12(17-15)10-3-2-4-13-11(10)5-6-18-13/h5-6,8,10,12,17H,2-4,7,15H2,1H3. The number of thiophene rings is 1. The van der Waals surface area contributed by atoms with Crippen molar-refractivity contribution in [3.8, 4) is 0 Å². The molecule has 0 saturated heterocycles. The molecule has 5 heteroatoms. The van der Waals surface area contributed by atoms with Crippen LogP contribution in [0.4, 0.5) is 0 Å². The first kappa shape index (κ1) is 13.2. The van der Waals surface area contributed by atoms with Crippen LogP contribution in [0.3, 0.4) is 0 Å². The van der Waals surface area contributed by atoms with Gasteiger partial charge in [0.1, 0.15) is 0 Å². The molecule has 1 aliphatic rings. The van der Waals surface area contributed by atoms with Gasteiger partial charge in [-0.05, 0) is 43.2 Å². The fraction of sp³-hybridized carbons (Fsp3) is 0.500. The molecule has 0 spiro atoms. The lowest BCUT2D eigenvalue weighted by Crippen LogP contribution is -2.42. The Labute approximate surface area is 121 Å². The number of hydrogen-bond donors (Lipinski definition) is 2. The number of hydrazine groups is 1. The largest absolute Gasteiger partial charge is 0.271 e. The Hall–Kier alpha value is -0.750. The van der Waals surface area contributed by atoms with Gasteiger partial charge in [-0.15, -0.1) is 22.7 Å². The van der Waals surface area contributed by atoms with Crippen molar-refractivity contribution in [3.05, 3.63) is 38.0 Å². The van der Waals surface area contributed by atoms with Crippen LogP contribution in [-0.2, 0) is 12.8 Å². The van der Waals surface area contributed by atoms with Gasteiger partial charge in [0.2, 0.25) is 0 Å². The molecular formula is C14H19N3S2. The molecule has 0 amide bonds. The van der Waals surface area contributed by atoms with Crippen LogP contribution in [0.15, 0.2) is 16.8 Å². The monoisotopic (exact) mass is 293 g/mol. The SMILES string of the molecule is Cc1csc(CC(NN)C2CCCc3sccc32)n1. The number of nitrogens with zero attached hydrogens (tertiary/aromatic N) is 1. The van der Waals surface area contributed by atoms with E-state index in [4.69, 9.17) is 5.84 Å². The maximum Gasteiger partial charge on any atom is 0.0944 e. The molecule has 0 aromatic carbocycles. The molecule has 0 bridgehead atoms. The summed E-state index contributed by atoms with van der Waals surface area (Å²) in [6, 6.07) is 2.57. The molecule has 1 aliphatic carbocycles. The van der Waals surface area contributed by atoms with Crippen molar-refractivity contribution in [1.82, 2.24) is 10.4 Å². The Morgan fingerprint density at radius 3 is 3.16 bits per heavy atom. The van der Waals surface area contributed by atoms with E-state index in [1.807, 2.05) is 18.3 Å². The predicted molar refractivity (Wildman–Crippen MR) is 81.7 cm³/mol. The summed E-state index contributed by atoms with van der Waals surface area (Å²) in [7, 11) is 0. The lowest BCUT2D eigenvalue weighted by atomic mass is 9.81. The molecule has 2 unspecified atom stereocenters. The summed E-state index contributed by atoms with van der Waals surface area (Å²) in [6.07, 6.45) is 4.66. The summed E-state index contributed by atoms with van der Waals surface area (Å²) >= 11 is 3.62. The Kier molecular flexibility index (Phi) is 3.98. The summed E-state index contributed by atoms with van der Waals surface area (Å²) < 4.78 is 0. The second kappa shape index (κ2) is 5.71. The minimum absolute atomic E-state index is 0.291. The van der Waals surface area contributed by atoms with Crippen molar-refractivity contribution >= 4 is 22.7 Å². The number of thiazole rings is 1. The predicted octanol–water partition coefficient (Wildman–Crippen LogP) is 3.01. The molecule has 2 atom stereocenters. The number of aryl methyl sites for hydroxylation is 2. The van der Waals surface area contributed by atoms with Gasteiger partial charge >= 0.3 is 0 Å². The zero-order chi connectivity index (χ0) is 13.2. The van der Waals surface area contributed by atoms with Crippen molar-refractivity contribution in [2.24, 2.45) is 5.84 Å². The fourth-order valence-corrected chi connectivity index (χ4v) is 4.77. The normalized spacial score (nSPS) is 20.2. The van der Waals surface area contributed by atoms with Crippen molar-refractivity contribution in [1.29, 1.82) is 0 Å². The van der Waals surface area contributed by atoms with Gasteiger partial charge < -0.3 is 0 Å². The Bertz CT molecular complexity index is 546. The smallest absolute Gasteiger partial charge is 0.0944 e. The molecule has 0 saturated carbocycles. The first-order valence-electron chi connectivity index (χ1n) is 6.71. The molecule has 3 N–H and O–H groups in total. The number of rotatable bonds is 4. The van der Waals surface area contributed by atoms with E-state index in [2.05, 4.69) is 27.2 Å². The molecule has 19 heavy (non-hydrogen) atoms. The summed E-state index contributed by atoms with van der Waals surface area (Å²) in [5.41, 5.74) is 5.65. The average molecular weight is 293 g/mol. The quantitative estimate of drug-likeness (QED) is 0.673. The maximum atomic E-state index is 5.81. The zero-order valence-corrected chi connectivity index (χ0v) is 12.7. The van der Waals surface area contributed by atoms with Crippen LogP contribution in [0, 0.1) is 6.92 Å². The van der Waals surface area contributed by atoms with Gasteiger partial charge in [0.15, 0.2) is 0 Å². The number of aromatic nitrogens is 1. The third-order valence-corrected chi connectivity index (χ3v) is 5.84. The third kappa shape index (κ3) is 2.74. The van der Waals surface area contributed by atoms with E-state index in [-0.39, 0.29) is 0 Å². The maximum absolute atomic E-state index is 5.81. The van der Waals surface area contributed by atoms with E-state index in [1.54, 1.807) is 16.2 Å². The van der Waals surface area contributed by atoms with Gasteiger partial charge in [0.05, 0.1) is 5.01 Å². The number of fused-ring (bicyclic) bond motifs is 1. The van der Waals surface area contributed by atoms with Crippen molar-refractivity contribution in [3.63, 3.8) is 0 Å². The van der Waals surface area contributed by atoms with Crippen LogP contribution >= 0.6 is 22.7 Å². The molecule has 3 nitrogen and oxygen atoms in total. The average Bonchev–Trinajstić information content (AvgIpc) is 3.04. The van der Waals surface area contributed by atoms with E-state index in [1.165, 1.54) is 29.8 Å². The Morgan fingerprint density at radius 1 is 1.53 bits per heavy atom. The number of nitrogens with one attached hydrogen (secondary N) is 1. The lowest BCUT2D eigenvalue weighted by molar-refractivity contribution is 0.397. The van der Waals surface area contributed by atoms with Gasteiger partial charge in [0, 0.05) is 34.3 Å². The van der Waals surface area contributed by atoms with Gasteiger partial charge in [-0.25, -0.2) is 4.98 Å². The number of nitrogens with two attached hydrogens (primary N) is 1. The van der Waals surface area contributed by atoms with Crippen LogP contribution < -0.4 is 11.3 Å². The second-order valence-corrected chi connectivity index (χ2v) is 7.10. The number of hydrogen-bond acceptors (Lipinski definition) is 5. The minimum Gasteiger partial charge on any atom is -0.271 e. The molecule has 0 radical (unpaired) electrons. The molecule has 0 aliphatic heterocycles.